The maximum Gasteiger partial charge on any atom is 0.302 e. The lowest BCUT2D eigenvalue weighted by Crippen LogP contribution is -2.35. The van der Waals surface area contributed by atoms with Gasteiger partial charge < -0.3 is 4.74 Å². The van der Waals surface area contributed by atoms with E-state index in [9.17, 15) is 4.79 Å². The van der Waals surface area contributed by atoms with Crippen LogP contribution in [0.5, 0.6) is 0 Å². The highest BCUT2D eigenvalue weighted by Gasteiger charge is 2.37. The van der Waals surface area contributed by atoms with Gasteiger partial charge in [0.1, 0.15) is 6.10 Å². The first kappa shape index (κ1) is 15.0. The Morgan fingerprint density at radius 1 is 1.50 bits per heavy atom. The van der Waals surface area contributed by atoms with Crippen LogP contribution in [0.3, 0.4) is 0 Å². The van der Waals surface area contributed by atoms with Crippen molar-refractivity contribution in [1.82, 2.24) is 0 Å². The predicted molar refractivity (Wildman–Crippen MR) is 75.2 cm³/mol. The molecule has 102 valence electrons. The van der Waals surface area contributed by atoms with E-state index in [0.717, 1.165) is 19.3 Å². The first-order valence-corrected chi connectivity index (χ1v) is 6.74. The zero-order valence-corrected chi connectivity index (χ0v) is 12.4. The van der Waals surface area contributed by atoms with E-state index >= 15 is 0 Å². The highest BCUT2D eigenvalue weighted by molar-refractivity contribution is 5.66. The summed E-state index contributed by atoms with van der Waals surface area (Å²) in [6.07, 6.45) is 5.18. The minimum Gasteiger partial charge on any atom is -0.463 e. The third kappa shape index (κ3) is 4.01. The molecule has 0 aliphatic heterocycles. The number of carbonyl (C=O) groups excluding carboxylic acids is 1. The lowest BCUT2D eigenvalue weighted by molar-refractivity contribution is -0.149. The van der Waals surface area contributed by atoms with Gasteiger partial charge in [-0.2, -0.15) is 0 Å². The topological polar surface area (TPSA) is 26.3 Å². The lowest BCUT2D eigenvalue weighted by Gasteiger charge is -2.41. The molecule has 0 heterocycles. The fraction of sp³-hybridized carbons (Fsp3) is 0.688. The summed E-state index contributed by atoms with van der Waals surface area (Å²) in [5.74, 6) is 0.301. The fourth-order valence-electron chi connectivity index (χ4n) is 3.04. The molecule has 1 aliphatic rings. The van der Waals surface area contributed by atoms with Crippen LogP contribution >= 0.6 is 0 Å². The van der Waals surface area contributed by atoms with Crippen molar-refractivity contribution in [3.8, 4) is 0 Å². The molecule has 0 amide bonds. The molecular formula is C16H26O2. The normalized spacial score (nSPS) is 29.1. The number of ether oxygens (including phenoxy) is 1. The summed E-state index contributed by atoms with van der Waals surface area (Å²) in [7, 11) is 0. The Bertz CT molecular complexity index is 363. The first-order chi connectivity index (χ1) is 8.22. The smallest absolute Gasteiger partial charge is 0.302 e. The van der Waals surface area contributed by atoms with Gasteiger partial charge in [0.05, 0.1) is 0 Å². The van der Waals surface area contributed by atoms with Gasteiger partial charge in [0.2, 0.25) is 0 Å². The second-order valence-corrected chi connectivity index (χ2v) is 6.28. The molecule has 0 N–H and O–H groups in total. The molecule has 0 aromatic rings. The van der Waals surface area contributed by atoms with Crippen molar-refractivity contribution in [3.05, 3.63) is 23.8 Å². The molecule has 1 aliphatic carbocycles. The van der Waals surface area contributed by atoms with Gasteiger partial charge in [-0.3, -0.25) is 4.79 Å². The molecule has 2 atom stereocenters. The molecule has 0 radical (unpaired) electrons. The largest absolute Gasteiger partial charge is 0.463 e. The second-order valence-electron chi connectivity index (χ2n) is 6.28. The van der Waals surface area contributed by atoms with Crippen molar-refractivity contribution < 1.29 is 9.53 Å². The Kier molecular flexibility index (Phi) is 4.78. The van der Waals surface area contributed by atoms with Crippen molar-refractivity contribution in [2.45, 2.75) is 60.0 Å². The molecular weight excluding hydrogens is 224 g/mol. The van der Waals surface area contributed by atoms with Crippen LogP contribution in [-0.4, -0.2) is 12.1 Å². The van der Waals surface area contributed by atoms with Crippen LogP contribution in [0.15, 0.2) is 23.8 Å². The molecule has 1 rings (SSSR count). The molecule has 1 fully saturated rings. The van der Waals surface area contributed by atoms with Crippen LogP contribution in [0.2, 0.25) is 0 Å². The molecule has 0 spiro atoms. The van der Waals surface area contributed by atoms with Crippen LogP contribution < -0.4 is 0 Å². The number of esters is 1. The molecule has 18 heavy (non-hydrogen) atoms. The monoisotopic (exact) mass is 250 g/mol. The van der Waals surface area contributed by atoms with E-state index in [4.69, 9.17) is 4.74 Å². The minimum absolute atomic E-state index is 0.0643. The highest BCUT2D eigenvalue weighted by atomic mass is 16.5. The molecule has 2 heteroatoms. The van der Waals surface area contributed by atoms with Gasteiger partial charge in [-0.25, -0.2) is 0 Å². The molecule has 0 bridgehead atoms. The zero-order chi connectivity index (χ0) is 13.9. The first-order valence-electron chi connectivity index (χ1n) is 6.74. The fourth-order valence-corrected chi connectivity index (χ4v) is 3.04. The Balaban J connectivity index is 2.82. The van der Waals surface area contributed by atoms with Crippen LogP contribution in [0, 0.1) is 11.3 Å². The summed E-state index contributed by atoms with van der Waals surface area (Å²) >= 11 is 0. The van der Waals surface area contributed by atoms with Crippen molar-refractivity contribution >= 4 is 5.97 Å². The number of hydrogen-bond donors (Lipinski definition) is 0. The van der Waals surface area contributed by atoms with E-state index in [1.165, 1.54) is 18.1 Å². The minimum atomic E-state index is -0.169. The Morgan fingerprint density at radius 2 is 2.11 bits per heavy atom. The molecule has 2 unspecified atom stereocenters. The standard InChI is InChI=1S/C16H26O2/c1-11(2)7-8-15-12(3)9-14(18-13(4)17)10-16(15,5)6/h8,12,14H,1,7,9-10H2,2-6H3. The maximum atomic E-state index is 11.1. The summed E-state index contributed by atoms with van der Waals surface area (Å²) < 4.78 is 5.39. The van der Waals surface area contributed by atoms with Gasteiger partial charge in [0, 0.05) is 6.92 Å². The molecule has 0 aromatic heterocycles. The van der Waals surface area contributed by atoms with E-state index in [-0.39, 0.29) is 17.5 Å². The van der Waals surface area contributed by atoms with Crippen molar-refractivity contribution in [2.75, 3.05) is 0 Å². The van der Waals surface area contributed by atoms with Gasteiger partial charge in [-0.15, -0.1) is 0 Å². The van der Waals surface area contributed by atoms with Gasteiger partial charge >= 0.3 is 5.97 Å². The molecule has 2 nitrogen and oxygen atoms in total. The second kappa shape index (κ2) is 5.73. The summed E-state index contributed by atoms with van der Waals surface area (Å²) in [6, 6.07) is 0. The Morgan fingerprint density at radius 3 is 2.56 bits per heavy atom. The lowest BCUT2D eigenvalue weighted by atomic mass is 9.67. The summed E-state index contributed by atoms with van der Waals surface area (Å²) in [5, 5.41) is 0. The van der Waals surface area contributed by atoms with E-state index in [1.807, 2.05) is 0 Å². The number of rotatable bonds is 3. The van der Waals surface area contributed by atoms with Gasteiger partial charge in [0.15, 0.2) is 0 Å². The third-order valence-electron chi connectivity index (χ3n) is 3.67. The Labute approximate surface area is 111 Å². The molecule has 0 saturated heterocycles. The summed E-state index contributed by atoms with van der Waals surface area (Å²) in [5.41, 5.74) is 2.77. The Hall–Kier alpha value is -1.05. The summed E-state index contributed by atoms with van der Waals surface area (Å²) in [6.45, 7) is 14.2. The molecule has 0 aromatic carbocycles. The van der Waals surface area contributed by atoms with Crippen LogP contribution in [0.4, 0.5) is 0 Å². The van der Waals surface area contributed by atoms with Gasteiger partial charge in [-0.05, 0) is 37.5 Å². The quantitative estimate of drug-likeness (QED) is 0.552. The van der Waals surface area contributed by atoms with Crippen molar-refractivity contribution in [1.29, 1.82) is 0 Å². The number of allylic oxidation sites excluding steroid dienone is 3. The number of hydrogen-bond acceptors (Lipinski definition) is 2. The van der Waals surface area contributed by atoms with Crippen LogP contribution in [0.25, 0.3) is 0 Å². The third-order valence-corrected chi connectivity index (χ3v) is 3.67. The zero-order valence-electron chi connectivity index (χ0n) is 12.4. The average Bonchev–Trinajstić information content (AvgIpc) is 2.12. The van der Waals surface area contributed by atoms with Crippen LogP contribution in [0.1, 0.15) is 53.9 Å². The highest BCUT2D eigenvalue weighted by Crippen LogP contribution is 2.44. The van der Waals surface area contributed by atoms with E-state index in [1.54, 1.807) is 0 Å². The average molecular weight is 250 g/mol. The van der Waals surface area contributed by atoms with E-state index < -0.39 is 0 Å². The van der Waals surface area contributed by atoms with E-state index in [2.05, 4.69) is 40.3 Å². The maximum absolute atomic E-state index is 11.1. The molecule has 1 saturated carbocycles. The SMILES string of the molecule is C=C(C)CC=C1C(C)CC(OC(C)=O)CC1(C)C. The summed E-state index contributed by atoms with van der Waals surface area (Å²) in [4.78, 5) is 11.1. The number of carbonyl (C=O) groups is 1. The predicted octanol–water partition coefficient (Wildman–Crippen LogP) is 4.27. The van der Waals surface area contributed by atoms with Gasteiger partial charge in [0.25, 0.3) is 0 Å². The van der Waals surface area contributed by atoms with Crippen LogP contribution in [-0.2, 0) is 9.53 Å². The van der Waals surface area contributed by atoms with E-state index in [0.29, 0.717) is 5.92 Å². The van der Waals surface area contributed by atoms with Crippen molar-refractivity contribution in [3.63, 3.8) is 0 Å². The van der Waals surface area contributed by atoms with Crippen molar-refractivity contribution in [2.24, 2.45) is 11.3 Å². The van der Waals surface area contributed by atoms with Gasteiger partial charge in [-0.1, -0.05) is 44.6 Å².